The lowest BCUT2D eigenvalue weighted by atomic mass is 9.78. The zero-order valence-electron chi connectivity index (χ0n) is 20.4. The summed E-state index contributed by atoms with van der Waals surface area (Å²) in [5.41, 5.74) is 1.17. The molecule has 4 heterocycles. The summed E-state index contributed by atoms with van der Waals surface area (Å²) < 4.78 is 8.25. The summed E-state index contributed by atoms with van der Waals surface area (Å²) in [5, 5.41) is 7.63. The first-order valence-corrected chi connectivity index (χ1v) is 12.1. The molecule has 0 amide bonds. The average Bonchev–Trinajstić information content (AvgIpc) is 3.22. The van der Waals surface area contributed by atoms with Crippen LogP contribution in [0.25, 0.3) is 27.6 Å². The molecule has 1 N–H and O–H groups in total. The third kappa shape index (κ3) is 3.75. The van der Waals surface area contributed by atoms with Crippen LogP contribution in [0.1, 0.15) is 62.1 Å². The van der Waals surface area contributed by atoms with Gasteiger partial charge >= 0.3 is 5.97 Å². The van der Waals surface area contributed by atoms with Gasteiger partial charge in [-0.1, -0.05) is 26.7 Å². The smallest absolute Gasteiger partial charge is 0.343 e. The number of aryl methyl sites for hydroxylation is 1. The Balaban J connectivity index is 1.68. The molecule has 0 saturated heterocycles. The first-order valence-electron chi connectivity index (χ1n) is 12.1. The van der Waals surface area contributed by atoms with E-state index in [0.29, 0.717) is 33.9 Å². The van der Waals surface area contributed by atoms with Gasteiger partial charge in [0.15, 0.2) is 5.82 Å². The molecule has 4 aromatic rings. The molecule has 0 radical (unpaired) electrons. The second-order valence-electron chi connectivity index (χ2n) is 9.48. The second kappa shape index (κ2) is 8.79. The van der Waals surface area contributed by atoms with Crippen LogP contribution in [-0.2, 0) is 4.74 Å². The van der Waals surface area contributed by atoms with Crippen LogP contribution in [0.4, 0.5) is 0 Å². The molecule has 0 bridgehead atoms. The van der Waals surface area contributed by atoms with Gasteiger partial charge in [0.2, 0.25) is 0 Å². The summed E-state index contributed by atoms with van der Waals surface area (Å²) in [5.74, 6) is 0.525. The van der Waals surface area contributed by atoms with Crippen molar-refractivity contribution in [3.05, 3.63) is 62.6 Å². The highest BCUT2D eigenvalue weighted by Crippen LogP contribution is 2.37. The van der Waals surface area contributed by atoms with Crippen molar-refractivity contribution in [1.29, 1.82) is 0 Å². The molecule has 35 heavy (non-hydrogen) atoms. The summed E-state index contributed by atoms with van der Waals surface area (Å²) in [4.78, 5) is 44.2. The number of carbonyl (C=O) groups is 1. The minimum absolute atomic E-state index is 0.123. The van der Waals surface area contributed by atoms with E-state index in [1.807, 2.05) is 16.8 Å². The topological polar surface area (TPSA) is 112 Å². The molecule has 3 atom stereocenters. The molecule has 0 aliphatic heterocycles. The van der Waals surface area contributed by atoms with E-state index in [9.17, 15) is 14.4 Å². The molecule has 0 spiro atoms. The van der Waals surface area contributed by atoms with Gasteiger partial charge < -0.3 is 9.30 Å². The standard InChI is InChI=1S/C26H29N5O4/c1-5-35-26(34)22-16(4)28-29-23(22)31-12-10-20-18(25(31)33)13-17-19(27-20)9-11-30(24(17)32)21-8-6-7-14(2)15(21)3/h9-15,21H,5-8H2,1-4H3,(H,28,29). The molecule has 3 unspecified atom stereocenters. The van der Waals surface area contributed by atoms with Gasteiger partial charge in [-0.05, 0) is 50.3 Å². The van der Waals surface area contributed by atoms with Gasteiger partial charge in [-0.2, -0.15) is 5.10 Å². The first kappa shape index (κ1) is 23.0. The predicted octanol–water partition coefficient (Wildman–Crippen LogP) is 3.91. The van der Waals surface area contributed by atoms with Crippen molar-refractivity contribution in [3.8, 4) is 5.82 Å². The Bertz CT molecular complexity index is 1560. The third-order valence-corrected chi connectivity index (χ3v) is 7.43. The highest BCUT2D eigenvalue weighted by Gasteiger charge is 2.29. The van der Waals surface area contributed by atoms with Crippen LogP contribution >= 0.6 is 0 Å². The van der Waals surface area contributed by atoms with Crippen LogP contribution in [0.5, 0.6) is 0 Å². The molecule has 9 heteroatoms. The normalized spacial score (nSPS) is 20.4. The van der Waals surface area contributed by atoms with Gasteiger partial charge in [0.1, 0.15) is 5.56 Å². The molecule has 5 rings (SSSR count). The fourth-order valence-electron chi connectivity index (χ4n) is 5.25. The summed E-state index contributed by atoms with van der Waals surface area (Å²) >= 11 is 0. The van der Waals surface area contributed by atoms with Gasteiger partial charge in [-0.25, -0.2) is 9.78 Å². The van der Waals surface area contributed by atoms with E-state index in [1.54, 1.807) is 26.0 Å². The van der Waals surface area contributed by atoms with Crippen LogP contribution in [0.3, 0.4) is 0 Å². The minimum atomic E-state index is -0.559. The summed E-state index contributed by atoms with van der Waals surface area (Å²) in [6, 6.07) is 5.28. The Hall–Kier alpha value is -3.75. The number of carbonyl (C=O) groups excluding carboxylic acids is 1. The van der Waals surface area contributed by atoms with Crippen molar-refractivity contribution in [2.24, 2.45) is 11.8 Å². The molecule has 0 aromatic carbocycles. The van der Waals surface area contributed by atoms with Crippen LogP contribution in [0.15, 0.2) is 40.2 Å². The molecular formula is C26H29N5O4. The number of nitrogens with one attached hydrogen (secondary N) is 1. The highest BCUT2D eigenvalue weighted by atomic mass is 16.5. The maximum atomic E-state index is 13.5. The number of pyridine rings is 3. The zero-order valence-corrected chi connectivity index (χ0v) is 20.4. The Morgan fingerprint density at radius 2 is 1.83 bits per heavy atom. The maximum absolute atomic E-state index is 13.5. The number of aromatic amines is 1. The van der Waals surface area contributed by atoms with Gasteiger partial charge in [-0.3, -0.25) is 19.3 Å². The second-order valence-corrected chi connectivity index (χ2v) is 9.48. The monoisotopic (exact) mass is 475 g/mol. The summed E-state index contributed by atoms with van der Waals surface area (Å²) in [6.07, 6.45) is 6.59. The van der Waals surface area contributed by atoms with E-state index in [2.05, 4.69) is 29.0 Å². The molecule has 1 fully saturated rings. The van der Waals surface area contributed by atoms with E-state index >= 15 is 0 Å². The maximum Gasteiger partial charge on any atom is 0.343 e. The number of aromatic nitrogens is 5. The number of ether oxygens (including phenoxy) is 1. The largest absolute Gasteiger partial charge is 0.462 e. The van der Waals surface area contributed by atoms with Crippen LogP contribution in [0, 0.1) is 18.8 Å². The van der Waals surface area contributed by atoms with Crippen LogP contribution in [0.2, 0.25) is 0 Å². The third-order valence-electron chi connectivity index (χ3n) is 7.43. The number of rotatable bonds is 4. The SMILES string of the molecule is CCOC(=O)c1c(-n2ccc3nc4ccn(C5CCCC(C)C5C)c(=O)c4cc3c2=O)n[nH]c1C. The van der Waals surface area contributed by atoms with Crippen LogP contribution in [-0.4, -0.2) is 36.9 Å². The lowest BCUT2D eigenvalue weighted by Crippen LogP contribution is -2.33. The number of H-pyrrole nitrogens is 1. The van der Waals surface area contributed by atoms with E-state index in [1.165, 1.54) is 17.2 Å². The lowest BCUT2D eigenvalue weighted by Gasteiger charge is -2.35. The van der Waals surface area contributed by atoms with Crippen molar-refractivity contribution in [3.63, 3.8) is 0 Å². The fourth-order valence-corrected chi connectivity index (χ4v) is 5.25. The van der Waals surface area contributed by atoms with E-state index in [4.69, 9.17) is 4.74 Å². The molecular weight excluding hydrogens is 446 g/mol. The van der Waals surface area contributed by atoms with Crippen molar-refractivity contribution < 1.29 is 9.53 Å². The Morgan fingerprint density at radius 1 is 1.11 bits per heavy atom. The first-order chi connectivity index (χ1) is 16.8. The minimum Gasteiger partial charge on any atom is -0.462 e. The predicted molar refractivity (Wildman–Crippen MR) is 133 cm³/mol. The number of nitrogens with zero attached hydrogens (tertiary/aromatic N) is 4. The Morgan fingerprint density at radius 3 is 2.57 bits per heavy atom. The molecule has 4 aromatic heterocycles. The number of hydrogen-bond acceptors (Lipinski definition) is 6. The van der Waals surface area contributed by atoms with E-state index in [0.717, 1.165) is 12.8 Å². The summed E-state index contributed by atoms with van der Waals surface area (Å²) in [6.45, 7) is 8.06. The van der Waals surface area contributed by atoms with Crippen LogP contribution < -0.4 is 11.1 Å². The molecule has 9 nitrogen and oxygen atoms in total. The molecule has 1 aliphatic rings. The molecule has 1 saturated carbocycles. The number of esters is 1. The average molecular weight is 476 g/mol. The van der Waals surface area contributed by atoms with Gasteiger partial charge in [0, 0.05) is 24.1 Å². The van der Waals surface area contributed by atoms with Gasteiger partial charge in [0.25, 0.3) is 11.1 Å². The Labute approximate surface area is 201 Å². The van der Waals surface area contributed by atoms with Crippen molar-refractivity contribution in [2.75, 3.05) is 6.61 Å². The quantitative estimate of drug-likeness (QED) is 0.354. The number of fused-ring (bicyclic) bond motifs is 2. The van der Waals surface area contributed by atoms with Crippen molar-refractivity contribution >= 4 is 27.8 Å². The fraction of sp³-hybridized carbons (Fsp3) is 0.423. The van der Waals surface area contributed by atoms with Crippen molar-refractivity contribution in [1.82, 2.24) is 24.3 Å². The highest BCUT2D eigenvalue weighted by molar-refractivity contribution is 5.95. The van der Waals surface area contributed by atoms with E-state index < -0.39 is 11.5 Å². The van der Waals surface area contributed by atoms with Crippen molar-refractivity contribution in [2.45, 2.75) is 53.0 Å². The lowest BCUT2D eigenvalue weighted by molar-refractivity contribution is 0.0525. The van der Waals surface area contributed by atoms with Gasteiger partial charge in [0.05, 0.1) is 28.4 Å². The molecule has 182 valence electrons. The van der Waals surface area contributed by atoms with E-state index in [-0.39, 0.29) is 35.0 Å². The number of hydrogen-bond donors (Lipinski definition) is 1. The zero-order chi connectivity index (χ0) is 24.9. The summed E-state index contributed by atoms with van der Waals surface area (Å²) in [7, 11) is 0. The van der Waals surface area contributed by atoms with Gasteiger partial charge in [-0.15, -0.1) is 0 Å². The Kier molecular flexibility index (Phi) is 5.78. The molecule has 1 aliphatic carbocycles.